The van der Waals surface area contributed by atoms with E-state index in [0.717, 1.165) is 36.8 Å². The van der Waals surface area contributed by atoms with E-state index in [4.69, 9.17) is 9.15 Å². The molecule has 1 aliphatic heterocycles. The van der Waals surface area contributed by atoms with Crippen molar-refractivity contribution in [3.05, 3.63) is 35.6 Å². The summed E-state index contributed by atoms with van der Waals surface area (Å²) in [6, 6.07) is 7.95. The second-order valence-corrected chi connectivity index (χ2v) is 5.04. The average molecular weight is 246 g/mol. The Morgan fingerprint density at radius 2 is 2.17 bits per heavy atom. The van der Waals surface area contributed by atoms with Crippen LogP contribution in [0.1, 0.15) is 36.7 Å². The maximum absolute atomic E-state index is 10.3. The highest BCUT2D eigenvalue weighted by Crippen LogP contribution is 2.30. The molecular formula is C15H18O3. The van der Waals surface area contributed by atoms with Gasteiger partial charge in [-0.2, -0.15) is 0 Å². The minimum Gasteiger partial charge on any atom is -0.458 e. The third kappa shape index (κ3) is 2.16. The smallest absolute Gasteiger partial charge is 0.138 e. The van der Waals surface area contributed by atoms with Crippen LogP contribution >= 0.6 is 0 Å². The van der Waals surface area contributed by atoms with Crippen LogP contribution in [-0.4, -0.2) is 17.8 Å². The highest BCUT2D eigenvalue weighted by molar-refractivity contribution is 5.78. The zero-order valence-electron chi connectivity index (χ0n) is 10.6. The van der Waals surface area contributed by atoms with Crippen molar-refractivity contribution in [2.75, 3.05) is 6.61 Å². The molecule has 2 unspecified atom stereocenters. The lowest BCUT2D eigenvalue weighted by atomic mass is 10.0. The van der Waals surface area contributed by atoms with E-state index in [2.05, 4.69) is 6.07 Å². The molecule has 0 saturated carbocycles. The van der Waals surface area contributed by atoms with E-state index < -0.39 is 6.10 Å². The van der Waals surface area contributed by atoms with Gasteiger partial charge in [0.05, 0.1) is 6.10 Å². The van der Waals surface area contributed by atoms with Crippen LogP contribution in [0.25, 0.3) is 11.0 Å². The second-order valence-electron chi connectivity index (χ2n) is 5.04. The SMILES string of the molecule is Cc1ccc2oc(C(O)C3CCCCO3)cc2c1. The molecule has 0 bridgehead atoms. The van der Waals surface area contributed by atoms with Gasteiger partial charge in [0.2, 0.25) is 0 Å². The number of hydrogen-bond donors (Lipinski definition) is 1. The van der Waals surface area contributed by atoms with E-state index in [0.29, 0.717) is 5.76 Å². The number of furan rings is 1. The third-order valence-corrected chi connectivity index (χ3v) is 3.55. The second kappa shape index (κ2) is 4.75. The highest BCUT2D eigenvalue weighted by atomic mass is 16.5. The predicted molar refractivity (Wildman–Crippen MR) is 69.5 cm³/mol. The summed E-state index contributed by atoms with van der Waals surface area (Å²) in [6.07, 6.45) is 2.32. The van der Waals surface area contributed by atoms with Crippen molar-refractivity contribution in [3.8, 4) is 0 Å². The standard InChI is InChI=1S/C15H18O3/c1-10-5-6-12-11(8-10)9-14(18-12)15(16)13-4-2-3-7-17-13/h5-6,8-9,13,15-16H,2-4,7H2,1H3. The van der Waals surface area contributed by atoms with Crippen molar-refractivity contribution in [3.63, 3.8) is 0 Å². The monoisotopic (exact) mass is 246 g/mol. The van der Waals surface area contributed by atoms with Gasteiger partial charge in [-0.25, -0.2) is 0 Å². The first-order valence-electron chi connectivity index (χ1n) is 6.54. The Morgan fingerprint density at radius 3 is 2.94 bits per heavy atom. The molecule has 0 amide bonds. The fourth-order valence-corrected chi connectivity index (χ4v) is 2.53. The van der Waals surface area contributed by atoms with Crippen LogP contribution in [-0.2, 0) is 4.74 Å². The predicted octanol–water partition coefficient (Wildman–Crippen LogP) is 3.34. The minimum absolute atomic E-state index is 0.125. The molecular weight excluding hydrogens is 228 g/mol. The molecule has 1 aromatic heterocycles. The fraction of sp³-hybridized carbons (Fsp3) is 0.467. The summed E-state index contributed by atoms with van der Waals surface area (Å²) in [7, 11) is 0. The number of rotatable bonds is 2. The van der Waals surface area contributed by atoms with E-state index in [1.807, 2.05) is 25.1 Å². The molecule has 1 aromatic carbocycles. The Kier molecular flexibility index (Phi) is 3.10. The average Bonchev–Trinajstić information content (AvgIpc) is 2.81. The number of aryl methyl sites for hydroxylation is 1. The Bertz CT molecular complexity index is 538. The summed E-state index contributed by atoms with van der Waals surface area (Å²) in [5, 5.41) is 11.3. The van der Waals surface area contributed by atoms with Crippen molar-refractivity contribution in [2.45, 2.75) is 38.4 Å². The van der Waals surface area contributed by atoms with Gasteiger partial charge in [0, 0.05) is 12.0 Å². The molecule has 0 aliphatic carbocycles. The van der Waals surface area contributed by atoms with Crippen LogP contribution in [0.3, 0.4) is 0 Å². The zero-order chi connectivity index (χ0) is 12.5. The third-order valence-electron chi connectivity index (χ3n) is 3.55. The van der Waals surface area contributed by atoms with E-state index in [-0.39, 0.29) is 6.10 Å². The molecule has 3 nitrogen and oxygen atoms in total. The number of fused-ring (bicyclic) bond motifs is 1. The first-order valence-corrected chi connectivity index (χ1v) is 6.54. The molecule has 3 rings (SSSR count). The largest absolute Gasteiger partial charge is 0.458 e. The minimum atomic E-state index is -0.655. The molecule has 18 heavy (non-hydrogen) atoms. The van der Waals surface area contributed by atoms with Crippen LogP contribution in [0, 0.1) is 6.92 Å². The number of aliphatic hydroxyl groups excluding tert-OH is 1. The van der Waals surface area contributed by atoms with Gasteiger partial charge >= 0.3 is 0 Å². The van der Waals surface area contributed by atoms with Gasteiger partial charge in [-0.1, -0.05) is 11.6 Å². The van der Waals surface area contributed by atoms with Gasteiger partial charge < -0.3 is 14.3 Å². The van der Waals surface area contributed by atoms with Gasteiger partial charge in [-0.15, -0.1) is 0 Å². The summed E-state index contributed by atoms with van der Waals surface area (Å²) < 4.78 is 11.3. The van der Waals surface area contributed by atoms with Crippen LogP contribution < -0.4 is 0 Å². The Balaban J connectivity index is 1.88. The molecule has 1 N–H and O–H groups in total. The molecule has 2 atom stereocenters. The van der Waals surface area contributed by atoms with Crippen LogP contribution in [0.15, 0.2) is 28.7 Å². The lowest BCUT2D eigenvalue weighted by Gasteiger charge is -2.25. The number of ether oxygens (including phenoxy) is 1. The molecule has 96 valence electrons. The fourth-order valence-electron chi connectivity index (χ4n) is 2.53. The van der Waals surface area contributed by atoms with Gasteiger partial charge in [0.25, 0.3) is 0 Å². The molecule has 0 spiro atoms. The topological polar surface area (TPSA) is 42.6 Å². The molecule has 1 fully saturated rings. The lowest BCUT2D eigenvalue weighted by molar-refractivity contribution is -0.0698. The molecule has 3 heteroatoms. The number of hydrogen-bond acceptors (Lipinski definition) is 3. The first kappa shape index (κ1) is 11.8. The van der Waals surface area contributed by atoms with Crippen LogP contribution in [0.2, 0.25) is 0 Å². The summed E-state index contributed by atoms with van der Waals surface area (Å²) in [5.74, 6) is 0.613. The van der Waals surface area contributed by atoms with E-state index in [1.165, 1.54) is 5.56 Å². The van der Waals surface area contributed by atoms with Crippen molar-refractivity contribution in [1.82, 2.24) is 0 Å². The Labute approximate surface area is 106 Å². The Hall–Kier alpha value is -1.32. The van der Waals surface area contributed by atoms with E-state index >= 15 is 0 Å². The maximum Gasteiger partial charge on any atom is 0.138 e. The summed E-state index contributed by atoms with van der Waals surface area (Å²) in [5.41, 5.74) is 2.02. The van der Waals surface area contributed by atoms with Crippen molar-refractivity contribution >= 4 is 11.0 Å². The van der Waals surface area contributed by atoms with Gasteiger partial charge in [0.15, 0.2) is 0 Å². The van der Waals surface area contributed by atoms with Gasteiger partial charge in [0.1, 0.15) is 17.4 Å². The van der Waals surface area contributed by atoms with Gasteiger partial charge in [-0.3, -0.25) is 0 Å². The Morgan fingerprint density at radius 1 is 1.28 bits per heavy atom. The van der Waals surface area contributed by atoms with Crippen molar-refractivity contribution in [2.24, 2.45) is 0 Å². The van der Waals surface area contributed by atoms with E-state index in [1.54, 1.807) is 0 Å². The molecule has 2 aromatic rings. The molecule has 1 saturated heterocycles. The van der Waals surface area contributed by atoms with Crippen LogP contribution in [0.4, 0.5) is 0 Å². The van der Waals surface area contributed by atoms with Gasteiger partial charge in [-0.05, 0) is 44.4 Å². The van der Waals surface area contributed by atoms with Crippen molar-refractivity contribution < 1.29 is 14.3 Å². The van der Waals surface area contributed by atoms with Crippen molar-refractivity contribution in [1.29, 1.82) is 0 Å². The lowest BCUT2D eigenvalue weighted by Crippen LogP contribution is -2.26. The molecule has 0 radical (unpaired) electrons. The van der Waals surface area contributed by atoms with E-state index in [9.17, 15) is 5.11 Å². The summed E-state index contributed by atoms with van der Waals surface area (Å²) >= 11 is 0. The number of aliphatic hydroxyl groups is 1. The normalized spacial score (nSPS) is 22.2. The summed E-state index contributed by atoms with van der Waals surface area (Å²) in [4.78, 5) is 0. The maximum atomic E-state index is 10.3. The molecule has 2 heterocycles. The number of benzene rings is 1. The quantitative estimate of drug-likeness (QED) is 0.883. The zero-order valence-corrected chi connectivity index (χ0v) is 10.6. The summed E-state index contributed by atoms with van der Waals surface area (Å²) in [6.45, 7) is 2.79. The highest BCUT2D eigenvalue weighted by Gasteiger charge is 2.26. The van der Waals surface area contributed by atoms with Crippen LogP contribution in [0.5, 0.6) is 0 Å². The molecule has 1 aliphatic rings. The first-order chi connectivity index (χ1) is 8.74.